The first-order valence-corrected chi connectivity index (χ1v) is 6.77. The topological polar surface area (TPSA) is 38.1 Å². The minimum atomic E-state index is -4.60. The minimum absolute atomic E-state index is 0.0823. The first kappa shape index (κ1) is 17.3. The molecule has 0 aliphatic heterocycles. The summed E-state index contributed by atoms with van der Waals surface area (Å²) in [6.07, 6.45) is -2.18. The van der Waals surface area contributed by atoms with Gasteiger partial charge in [0.2, 0.25) is 5.78 Å². The average molecular weight is 350 g/mol. The van der Waals surface area contributed by atoms with Crippen LogP contribution >= 0.6 is 11.6 Å². The molecule has 0 amide bonds. The molecule has 0 aliphatic rings. The van der Waals surface area contributed by atoms with Crippen molar-refractivity contribution >= 4 is 28.4 Å². The van der Waals surface area contributed by atoms with Crippen molar-refractivity contribution in [2.45, 2.75) is 12.7 Å². The highest BCUT2D eigenvalue weighted by Crippen LogP contribution is 2.28. The number of ketones is 1. The number of benzene rings is 1. The Hall–Kier alpha value is -2.09. The zero-order valence-corrected chi connectivity index (χ0v) is 12.9. The van der Waals surface area contributed by atoms with E-state index in [4.69, 9.17) is 11.6 Å². The first-order chi connectivity index (χ1) is 10.6. The Labute approximate surface area is 134 Å². The Balaban J connectivity index is 2.65. The molecule has 0 fully saturated rings. The molecular formula is C14H12ClF4N3O. The predicted molar refractivity (Wildman–Crippen MR) is 77.9 cm³/mol. The molecular weight excluding hydrogens is 338 g/mol. The summed E-state index contributed by atoms with van der Waals surface area (Å²) in [5, 5.41) is -0.0823. The van der Waals surface area contributed by atoms with Crippen LogP contribution in [0, 0.1) is 5.82 Å². The van der Waals surface area contributed by atoms with E-state index in [1.807, 2.05) is 0 Å². The number of halogens is 5. The van der Waals surface area contributed by atoms with Gasteiger partial charge in [-0.15, -0.1) is 0 Å². The molecule has 1 aromatic heterocycles. The van der Waals surface area contributed by atoms with E-state index in [-0.39, 0.29) is 16.1 Å². The van der Waals surface area contributed by atoms with Gasteiger partial charge in [0.15, 0.2) is 11.6 Å². The Bertz CT molecular complexity index is 780. The molecule has 0 saturated heterocycles. The molecule has 0 spiro atoms. The van der Waals surface area contributed by atoms with Crippen molar-refractivity contribution < 1.29 is 22.4 Å². The van der Waals surface area contributed by atoms with Crippen LogP contribution in [0.25, 0.3) is 11.0 Å². The van der Waals surface area contributed by atoms with Gasteiger partial charge in [-0.1, -0.05) is 11.6 Å². The summed E-state index contributed by atoms with van der Waals surface area (Å²) >= 11 is 5.69. The monoisotopic (exact) mass is 349 g/mol. The molecule has 0 radical (unpaired) electrons. The number of nitrogens with zero attached hydrogens (tertiary/aromatic N) is 3. The highest BCUT2D eigenvalue weighted by Gasteiger charge is 2.32. The third-order valence-electron chi connectivity index (χ3n) is 2.85. The van der Waals surface area contributed by atoms with Crippen LogP contribution in [0.3, 0.4) is 0 Å². The van der Waals surface area contributed by atoms with Crippen LogP contribution in [0.2, 0.25) is 5.02 Å². The summed E-state index contributed by atoms with van der Waals surface area (Å²) in [5.41, 5.74) is -0.519. The highest BCUT2D eigenvalue weighted by atomic mass is 35.5. The van der Waals surface area contributed by atoms with Crippen molar-refractivity contribution in [1.29, 1.82) is 0 Å². The SMILES string of the molecule is CN(C)/C=C/C(=O)c1nc2c(F)cc(Cl)cc2n1CC(F)(F)F. The quantitative estimate of drug-likeness (QED) is 0.480. The van der Waals surface area contributed by atoms with Gasteiger partial charge in [0.05, 0.1) is 5.52 Å². The van der Waals surface area contributed by atoms with Crippen molar-refractivity contribution in [1.82, 2.24) is 14.5 Å². The Morgan fingerprint density at radius 1 is 1.39 bits per heavy atom. The van der Waals surface area contributed by atoms with Gasteiger partial charge in [0, 0.05) is 31.4 Å². The molecule has 0 N–H and O–H groups in total. The van der Waals surface area contributed by atoms with E-state index < -0.39 is 30.1 Å². The molecule has 23 heavy (non-hydrogen) atoms. The van der Waals surface area contributed by atoms with Gasteiger partial charge in [-0.25, -0.2) is 9.37 Å². The molecule has 0 bridgehead atoms. The maximum atomic E-state index is 13.9. The molecule has 9 heteroatoms. The number of allylic oxidation sites excluding steroid dienone is 1. The average Bonchev–Trinajstić information content (AvgIpc) is 2.73. The lowest BCUT2D eigenvalue weighted by molar-refractivity contribution is -0.140. The summed E-state index contributed by atoms with van der Waals surface area (Å²) in [6.45, 7) is -1.47. The smallest absolute Gasteiger partial charge is 0.383 e. The van der Waals surface area contributed by atoms with Crippen molar-refractivity contribution in [3.8, 4) is 0 Å². The van der Waals surface area contributed by atoms with Crippen molar-refractivity contribution in [2.24, 2.45) is 0 Å². The fourth-order valence-corrected chi connectivity index (χ4v) is 2.17. The van der Waals surface area contributed by atoms with Crippen LogP contribution in [-0.2, 0) is 6.54 Å². The van der Waals surface area contributed by atoms with Gasteiger partial charge >= 0.3 is 6.18 Å². The molecule has 0 atom stereocenters. The molecule has 0 saturated carbocycles. The number of aromatic nitrogens is 2. The van der Waals surface area contributed by atoms with E-state index in [1.165, 1.54) is 11.1 Å². The zero-order valence-electron chi connectivity index (χ0n) is 12.2. The standard InChI is InChI=1S/C14H12ClF4N3O/c1-21(2)4-3-11(23)13-20-12-9(16)5-8(15)6-10(12)22(13)7-14(17,18)19/h3-6H,7H2,1-2H3/b4-3+. The number of rotatable bonds is 4. The van der Waals surface area contributed by atoms with Gasteiger partial charge in [-0.2, -0.15) is 13.2 Å². The highest BCUT2D eigenvalue weighted by molar-refractivity contribution is 6.31. The molecule has 1 heterocycles. The van der Waals surface area contributed by atoms with Crippen LogP contribution in [0.4, 0.5) is 17.6 Å². The van der Waals surface area contributed by atoms with E-state index >= 15 is 0 Å². The number of imidazole rings is 1. The summed E-state index contributed by atoms with van der Waals surface area (Å²) < 4.78 is 52.9. The maximum absolute atomic E-state index is 13.9. The lowest BCUT2D eigenvalue weighted by Crippen LogP contribution is -2.21. The van der Waals surface area contributed by atoms with Crippen LogP contribution < -0.4 is 0 Å². The van der Waals surface area contributed by atoms with Gasteiger partial charge in [-0.3, -0.25) is 4.79 Å². The maximum Gasteiger partial charge on any atom is 0.406 e. The number of hydrogen-bond donors (Lipinski definition) is 0. The molecule has 0 unspecified atom stereocenters. The first-order valence-electron chi connectivity index (χ1n) is 6.39. The second-order valence-electron chi connectivity index (χ2n) is 5.04. The fraction of sp³-hybridized carbons (Fsp3) is 0.286. The summed E-state index contributed by atoms with van der Waals surface area (Å²) in [5.74, 6) is -2.16. The number of carbonyl (C=O) groups is 1. The lowest BCUT2D eigenvalue weighted by atomic mass is 10.3. The normalized spacial score (nSPS) is 12.3. The van der Waals surface area contributed by atoms with Gasteiger partial charge < -0.3 is 9.47 Å². The molecule has 0 aliphatic carbocycles. The van der Waals surface area contributed by atoms with Gasteiger partial charge in [-0.05, 0) is 12.1 Å². The second kappa shape index (κ2) is 6.19. The third-order valence-corrected chi connectivity index (χ3v) is 3.07. The molecule has 4 nitrogen and oxygen atoms in total. The molecule has 2 rings (SSSR count). The van der Waals surface area contributed by atoms with E-state index in [9.17, 15) is 22.4 Å². The summed E-state index contributed by atoms with van der Waals surface area (Å²) in [6, 6.07) is 2.07. The lowest BCUT2D eigenvalue weighted by Gasteiger charge is -2.11. The summed E-state index contributed by atoms with van der Waals surface area (Å²) in [7, 11) is 3.28. The van der Waals surface area contributed by atoms with Crippen LogP contribution in [0.15, 0.2) is 24.4 Å². The van der Waals surface area contributed by atoms with Crippen LogP contribution in [0.1, 0.15) is 10.6 Å². The minimum Gasteiger partial charge on any atom is -0.383 e. The molecule has 2 aromatic rings. The molecule has 124 valence electrons. The van der Waals surface area contributed by atoms with E-state index in [0.717, 1.165) is 18.2 Å². The summed E-state index contributed by atoms with van der Waals surface area (Å²) in [4.78, 5) is 17.4. The number of hydrogen-bond acceptors (Lipinski definition) is 3. The van der Waals surface area contributed by atoms with Crippen molar-refractivity contribution in [3.05, 3.63) is 41.1 Å². The Morgan fingerprint density at radius 2 is 2.04 bits per heavy atom. The van der Waals surface area contributed by atoms with E-state index in [1.54, 1.807) is 14.1 Å². The number of alkyl halides is 3. The van der Waals surface area contributed by atoms with Gasteiger partial charge in [0.25, 0.3) is 0 Å². The fourth-order valence-electron chi connectivity index (χ4n) is 1.97. The third kappa shape index (κ3) is 4.01. The van der Waals surface area contributed by atoms with Crippen molar-refractivity contribution in [2.75, 3.05) is 14.1 Å². The van der Waals surface area contributed by atoms with Crippen molar-refractivity contribution in [3.63, 3.8) is 0 Å². The van der Waals surface area contributed by atoms with Crippen LogP contribution in [0.5, 0.6) is 0 Å². The number of fused-ring (bicyclic) bond motifs is 1. The van der Waals surface area contributed by atoms with Gasteiger partial charge in [0.1, 0.15) is 12.1 Å². The second-order valence-corrected chi connectivity index (χ2v) is 5.47. The Kier molecular flexibility index (Phi) is 4.65. The largest absolute Gasteiger partial charge is 0.406 e. The van der Waals surface area contributed by atoms with Crippen LogP contribution in [-0.4, -0.2) is 40.5 Å². The van der Waals surface area contributed by atoms with E-state index in [2.05, 4.69) is 4.98 Å². The van der Waals surface area contributed by atoms with E-state index in [0.29, 0.717) is 4.57 Å². The number of carbonyl (C=O) groups excluding carboxylic acids is 1. The zero-order chi connectivity index (χ0) is 17.4. The predicted octanol–water partition coefficient (Wildman–Crippen LogP) is 3.65. The molecule has 1 aromatic carbocycles. The Morgan fingerprint density at radius 3 is 2.61 bits per heavy atom.